The van der Waals surface area contributed by atoms with Crippen molar-refractivity contribution in [3.8, 4) is 0 Å². The zero-order chi connectivity index (χ0) is 0. The zero-order valence-corrected chi connectivity index (χ0v) is 24.0. The molecule has 0 aromatic heterocycles. The van der Waals surface area contributed by atoms with Crippen molar-refractivity contribution in [2.24, 2.45) is 0 Å². The molecule has 0 rings (SSSR count). The van der Waals surface area contributed by atoms with Gasteiger partial charge in [0.15, 0.2) is 0 Å². The fraction of sp³-hybridized carbons (Fsp3) is 0. The van der Waals surface area contributed by atoms with E-state index in [-0.39, 0.29) is 230 Å². The molecule has 0 saturated heterocycles. The van der Waals surface area contributed by atoms with Gasteiger partial charge < -0.3 is 172 Å². The van der Waals surface area contributed by atoms with Crippen LogP contribution in [0.5, 0.6) is 0 Å². The quantitative estimate of drug-likeness (QED) is 0.101. The Bertz CT molecular complexity index is 40.5. The minimum atomic E-state index is 0. The monoisotopic (exact) mass is 790 g/mol. The van der Waals surface area contributed by atoms with Crippen molar-refractivity contribution < 1.29 is 144 Å². The SMILES string of the molecule is N.N.N.N.N.N.N.N.N.N.N.N.N.N.O.O.[Cl-].[Cl-].[Cl-].[Cl-].[Cl-].[Cl-].[Ru+2].[Ru+2].[Ru+2]. The Morgan fingerprint density at radius 3 is 0.160 bits per heavy atom. The van der Waals surface area contributed by atoms with Crippen LogP contribution in [0.1, 0.15) is 0 Å². The Balaban J connectivity index is 0. The van der Waals surface area contributed by atoms with Crippen LogP contribution in [-0.2, 0) is 58.4 Å². The molecule has 0 saturated carbocycles. The van der Waals surface area contributed by atoms with E-state index in [0.717, 1.165) is 0 Å². The van der Waals surface area contributed by atoms with E-state index in [4.69, 9.17) is 0 Å². The third kappa shape index (κ3) is 1910. The van der Waals surface area contributed by atoms with Crippen LogP contribution in [0.25, 0.3) is 0 Å². The van der Waals surface area contributed by atoms with E-state index < -0.39 is 0 Å². The van der Waals surface area contributed by atoms with Gasteiger partial charge in [-0.05, 0) is 0 Å². The van der Waals surface area contributed by atoms with Gasteiger partial charge in [-0.15, -0.1) is 0 Å². The number of rotatable bonds is 0. The summed E-state index contributed by atoms with van der Waals surface area (Å²) in [6.07, 6.45) is 0. The van der Waals surface area contributed by atoms with Crippen molar-refractivity contribution in [3.63, 3.8) is 0 Å². The van der Waals surface area contributed by atoms with Crippen molar-refractivity contribution >= 4 is 0 Å². The smallest absolute Gasteiger partial charge is 1.00 e. The first-order valence-electron chi connectivity index (χ1n) is 0. The van der Waals surface area contributed by atoms with Gasteiger partial charge in [0.1, 0.15) is 0 Å². The van der Waals surface area contributed by atoms with Crippen LogP contribution in [-0.4, -0.2) is 11.0 Å². The van der Waals surface area contributed by atoms with E-state index in [1.165, 1.54) is 0 Å². The maximum Gasteiger partial charge on any atom is 2.00 e. The summed E-state index contributed by atoms with van der Waals surface area (Å²) in [6.45, 7) is 0. The van der Waals surface area contributed by atoms with Crippen LogP contribution in [0, 0.1) is 0 Å². The summed E-state index contributed by atoms with van der Waals surface area (Å²) >= 11 is 0. The van der Waals surface area contributed by atoms with Crippen molar-refractivity contribution in [2.75, 3.05) is 0 Å². The van der Waals surface area contributed by atoms with E-state index in [2.05, 4.69) is 0 Å². The topological polar surface area (TPSA) is 553 Å². The number of halogens is 6. The van der Waals surface area contributed by atoms with E-state index in [1.807, 2.05) is 0 Å². The average molecular weight is 790 g/mol. The van der Waals surface area contributed by atoms with Gasteiger partial charge in [0.25, 0.3) is 0 Å². The molecule has 0 amide bonds. The predicted octanol–water partition coefficient (Wildman–Crippen LogP) is -17.4. The number of hydrogen-bond donors (Lipinski definition) is 14. The Hall–Kier alpha value is 2.97. The maximum absolute atomic E-state index is 0. The Labute approximate surface area is 228 Å². The summed E-state index contributed by atoms with van der Waals surface area (Å²) in [5.41, 5.74) is 0. The largest absolute Gasteiger partial charge is 2.00 e. The first-order chi connectivity index (χ1) is 0. The molecule has 0 radical (unpaired) electrons. The van der Waals surface area contributed by atoms with Crippen molar-refractivity contribution in [1.29, 1.82) is 0 Å². The van der Waals surface area contributed by atoms with Gasteiger partial charge in [-0.3, -0.25) is 0 Å². The first kappa shape index (κ1) is 2310. The molecule has 25 heteroatoms. The second-order valence-corrected chi connectivity index (χ2v) is 0. The molecule has 16 nitrogen and oxygen atoms in total. The van der Waals surface area contributed by atoms with E-state index in [9.17, 15) is 0 Å². The second-order valence-electron chi connectivity index (χ2n) is 0. The number of hydrogen-bond acceptors (Lipinski definition) is 14. The van der Waals surface area contributed by atoms with Crippen LogP contribution in [0.3, 0.4) is 0 Å². The second kappa shape index (κ2) is 2060. The van der Waals surface area contributed by atoms with Gasteiger partial charge >= 0.3 is 58.4 Å². The van der Waals surface area contributed by atoms with Gasteiger partial charge in [0.05, 0.1) is 0 Å². The third-order valence-corrected chi connectivity index (χ3v) is 0. The molecule has 0 aromatic rings. The van der Waals surface area contributed by atoms with Crippen molar-refractivity contribution in [1.82, 2.24) is 86.1 Å². The minimum Gasteiger partial charge on any atom is -1.00 e. The molecule has 0 bridgehead atoms. The van der Waals surface area contributed by atoms with Crippen molar-refractivity contribution in [2.45, 2.75) is 0 Å². The molecule has 0 unspecified atom stereocenters. The Kier molecular flexibility index (Phi) is 190000. The molecule has 46 N–H and O–H groups in total. The molecule has 0 aliphatic carbocycles. The first-order valence-corrected chi connectivity index (χ1v) is 0. The van der Waals surface area contributed by atoms with E-state index in [1.54, 1.807) is 0 Å². The van der Waals surface area contributed by atoms with Crippen molar-refractivity contribution in [3.05, 3.63) is 0 Å². The minimum absolute atomic E-state index is 0. The maximum atomic E-state index is 0. The van der Waals surface area contributed by atoms with Gasteiger partial charge in [-0.1, -0.05) is 0 Å². The normalized spacial score (nSPS) is 0. The molecular formula is H46Cl6N14O2Ru3. The standard InChI is InChI=1S/6ClH.14H3N.2H2O.3Ru/h6*1H;14*1H3;2*1H2;;;/q;;;;;;;;;;;;;;;;;;;;;;3*+2/p-6. The molecule has 25 heavy (non-hydrogen) atoms. The summed E-state index contributed by atoms with van der Waals surface area (Å²) in [5.74, 6) is 0. The molecule has 0 fully saturated rings. The van der Waals surface area contributed by atoms with Gasteiger partial charge in [-0.2, -0.15) is 0 Å². The summed E-state index contributed by atoms with van der Waals surface area (Å²) in [5, 5.41) is 0. The van der Waals surface area contributed by atoms with Crippen LogP contribution in [0.15, 0.2) is 0 Å². The Morgan fingerprint density at radius 1 is 0.160 bits per heavy atom. The fourth-order valence-corrected chi connectivity index (χ4v) is 0. The molecular weight excluding hydrogens is 744 g/mol. The van der Waals surface area contributed by atoms with Gasteiger partial charge in [0, 0.05) is 0 Å². The van der Waals surface area contributed by atoms with Gasteiger partial charge in [0.2, 0.25) is 0 Å². The third-order valence-electron chi connectivity index (χ3n) is 0. The molecule has 0 aliphatic heterocycles. The molecule has 0 heterocycles. The predicted molar refractivity (Wildman–Crippen MR) is 77.5 cm³/mol. The van der Waals surface area contributed by atoms with Gasteiger partial charge in [-0.25, -0.2) is 0 Å². The molecule has 0 atom stereocenters. The molecule has 194 valence electrons. The Morgan fingerprint density at radius 2 is 0.160 bits per heavy atom. The van der Waals surface area contributed by atoms with E-state index >= 15 is 0 Å². The average Bonchev–Trinajstić information content (AvgIpc) is 0. The summed E-state index contributed by atoms with van der Waals surface area (Å²) in [4.78, 5) is 0. The molecule has 0 aliphatic rings. The van der Waals surface area contributed by atoms with Crippen LogP contribution in [0.2, 0.25) is 0 Å². The van der Waals surface area contributed by atoms with Crippen LogP contribution < -0.4 is 161 Å². The van der Waals surface area contributed by atoms with Crippen LogP contribution >= 0.6 is 0 Å². The van der Waals surface area contributed by atoms with Crippen LogP contribution in [0.4, 0.5) is 0 Å². The summed E-state index contributed by atoms with van der Waals surface area (Å²) in [7, 11) is 0. The fourth-order valence-electron chi connectivity index (χ4n) is 0. The summed E-state index contributed by atoms with van der Waals surface area (Å²) < 4.78 is 0. The molecule has 0 aromatic carbocycles. The molecule has 0 spiro atoms. The zero-order valence-electron chi connectivity index (χ0n) is 14.2. The summed E-state index contributed by atoms with van der Waals surface area (Å²) in [6, 6.07) is 0. The van der Waals surface area contributed by atoms with E-state index in [0.29, 0.717) is 0 Å².